The first-order valence-electron chi connectivity index (χ1n) is 3.97. The van der Waals surface area contributed by atoms with Gasteiger partial charge in [0.05, 0.1) is 0 Å². The molecule has 1 aliphatic rings. The van der Waals surface area contributed by atoms with Crippen molar-refractivity contribution in [3.05, 3.63) is 11.6 Å². The largest absolute Gasteiger partial charge is 0.295 e. The fourth-order valence-corrected chi connectivity index (χ4v) is 1.24. The molecule has 0 fully saturated rings. The summed E-state index contributed by atoms with van der Waals surface area (Å²) in [5.74, 6) is 0.596. The van der Waals surface area contributed by atoms with Crippen molar-refractivity contribution in [3.8, 4) is 0 Å². The summed E-state index contributed by atoms with van der Waals surface area (Å²) in [7, 11) is 0. The Labute approximate surface area is 62.1 Å². The van der Waals surface area contributed by atoms with Crippen LogP contribution in [0.15, 0.2) is 11.6 Å². The van der Waals surface area contributed by atoms with Crippen molar-refractivity contribution in [1.82, 2.24) is 0 Å². The number of carbonyl (C=O) groups is 1. The minimum absolute atomic E-state index is 0.273. The van der Waals surface area contributed by atoms with E-state index in [4.69, 9.17) is 0 Å². The first-order chi connectivity index (χ1) is 4.74. The Balaban J connectivity index is 2.66. The third-order valence-corrected chi connectivity index (χ3v) is 2.18. The van der Waals surface area contributed by atoms with E-state index in [0.717, 1.165) is 19.3 Å². The molecule has 0 heterocycles. The summed E-state index contributed by atoms with van der Waals surface area (Å²) in [6.07, 6.45) is 5.05. The number of allylic oxidation sites excluding steroid dienone is 2. The smallest absolute Gasteiger partial charge is 0.158 e. The molecular formula is C9H14O. The van der Waals surface area contributed by atoms with E-state index in [1.54, 1.807) is 0 Å². The normalized spacial score (nSPS) is 26.4. The number of rotatable bonds is 1. The highest BCUT2D eigenvalue weighted by Crippen LogP contribution is 2.21. The lowest BCUT2D eigenvalue weighted by molar-refractivity contribution is -0.118. The molecule has 0 bridgehead atoms. The Morgan fingerprint density at radius 2 is 2.40 bits per heavy atom. The summed E-state index contributed by atoms with van der Waals surface area (Å²) in [5.41, 5.74) is 1.32. The highest BCUT2D eigenvalue weighted by atomic mass is 16.1. The third-order valence-electron chi connectivity index (χ3n) is 2.18. The van der Waals surface area contributed by atoms with Crippen molar-refractivity contribution in [3.63, 3.8) is 0 Å². The van der Waals surface area contributed by atoms with Crippen molar-refractivity contribution in [2.45, 2.75) is 33.1 Å². The second-order valence-electron chi connectivity index (χ2n) is 3.00. The maximum atomic E-state index is 11.1. The van der Waals surface area contributed by atoms with E-state index in [0.29, 0.717) is 5.78 Å². The fourth-order valence-electron chi connectivity index (χ4n) is 1.24. The monoisotopic (exact) mass is 138 g/mol. The summed E-state index contributed by atoms with van der Waals surface area (Å²) < 4.78 is 0. The molecule has 0 amide bonds. The maximum absolute atomic E-state index is 11.1. The molecule has 0 saturated carbocycles. The zero-order chi connectivity index (χ0) is 7.56. The van der Waals surface area contributed by atoms with Gasteiger partial charge in [-0.25, -0.2) is 0 Å². The Hall–Kier alpha value is -0.590. The molecule has 0 radical (unpaired) electrons. The zero-order valence-corrected chi connectivity index (χ0v) is 6.68. The minimum atomic E-state index is 0.273. The van der Waals surface area contributed by atoms with Crippen LogP contribution >= 0.6 is 0 Å². The van der Waals surface area contributed by atoms with Crippen molar-refractivity contribution in [2.75, 3.05) is 0 Å². The molecule has 56 valence electrons. The Kier molecular flexibility index (Phi) is 2.25. The molecule has 0 aliphatic heterocycles. The molecule has 1 aliphatic carbocycles. The first-order valence-corrected chi connectivity index (χ1v) is 3.97. The zero-order valence-electron chi connectivity index (χ0n) is 6.68. The molecule has 0 aromatic heterocycles. The third kappa shape index (κ3) is 1.47. The molecule has 1 unspecified atom stereocenters. The van der Waals surface area contributed by atoms with Crippen LogP contribution in [0.1, 0.15) is 33.1 Å². The SMILES string of the molecule is CCC1=CC(=O)C(C)CC1. The molecule has 1 atom stereocenters. The van der Waals surface area contributed by atoms with Gasteiger partial charge in [0, 0.05) is 5.92 Å². The summed E-state index contributed by atoms with van der Waals surface area (Å²) in [5, 5.41) is 0. The van der Waals surface area contributed by atoms with Crippen LogP contribution in [0.4, 0.5) is 0 Å². The topological polar surface area (TPSA) is 17.1 Å². The molecule has 0 spiro atoms. The van der Waals surface area contributed by atoms with Crippen LogP contribution in [0.3, 0.4) is 0 Å². The minimum Gasteiger partial charge on any atom is -0.295 e. The van der Waals surface area contributed by atoms with Gasteiger partial charge in [0.25, 0.3) is 0 Å². The van der Waals surface area contributed by atoms with Gasteiger partial charge in [0.2, 0.25) is 0 Å². The lowest BCUT2D eigenvalue weighted by Gasteiger charge is -2.15. The maximum Gasteiger partial charge on any atom is 0.158 e. The molecule has 0 aromatic rings. The number of hydrogen-bond acceptors (Lipinski definition) is 1. The van der Waals surface area contributed by atoms with Crippen molar-refractivity contribution in [2.24, 2.45) is 5.92 Å². The van der Waals surface area contributed by atoms with Crippen molar-refractivity contribution in [1.29, 1.82) is 0 Å². The van der Waals surface area contributed by atoms with E-state index < -0.39 is 0 Å². The van der Waals surface area contributed by atoms with Gasteiger partial charge in [-0.2, -0.15) is 0 Å². The molecule has 0 N–H and O–H groups in total. The molecule has 10 heavy (non-hydrogen) atoms. The van der Waals surface area contributed by atoms with Gasteiger partial charge in [0.15, 0.2) is 5.78 Å². The predicted molar refractivity (Wildman–Crippen MR) is 41.8 cm³/mol. The van der Waals surface area contributed by atoms with Crippen LogP contribution in [-0.2, 0) is 4.79 Å². The van der Waals surface area contributed by atoms with Crippen LogP contribution in [0.5, 0.6) is 0 Å². The standard InChI is InChI=1S/C9H14O/c1-3-8-5-4-7(2)9(10)6-8/h6-7H,3-5H2,1-2H3. The number of ketones is 1. The van der Waals surface area contributed by atoms with Crippen LogP contribution in [-0.4, -0.2) is 5.78 Å². The molecule has 1 nitrogen and oxygen atoms in total. The lowest BCUT2D eigenvalue weighted by Crippen LogP contribution is -2.13. The molecule has 1 heteroatoms. The van der Waals surface area contributed by atoms with Gasteiger partial charge in [-0.1, -0.05) is 19.4 Å². The van der Waals surface area contributed by atoms with Gasteiger partial charge in [0.1, 0.15) is 0 Å². The van der Waals surface area contributed by atoms with Gasteiger partial charge in [-0.05, 0) is 25.3 Å². The van der Waals surface area contributed by atoms with Crippen LogP contribution in [0, 0.1) is 5.92 Å². The summed E-state index contributed by atoms with van der Waals surface area (Å²) in [6, 6.07) is 0. The van der Waals surface area contributed by atoms with E-state index in [1.807, 2.05) is 13.0 Å². The van der Waals surface area contributed by atoms with E-state index in [-0.39, 0.29) is 5.92 Å². The molecular weight excluding hydrogens is 124 g/mol. The van der Waals surface area contributed by atoms with Gasteiger partial charge in [-0.3, -0.25) is 4.79 Å². The van der Waals surface area contributed by atoms with E-state index in [1.165, 1.54) is 5.57 Å². The van der Waals surface area contributed by atoms with E-state index in [2.05, 4.69) is 6.92 Å². The first kappa shape index (κ1) is 7.52. The molecule has 1 rings (SSSR count). The Bertz CT molecular complexity index is 168. The quantitative estimate of drug-likeness (QED) is 0.543. The Morgan fingerprint density at radius 3 is 2.90 bits per heavy atom. The predicted octanol–water partition coefficient (Wildman–Crippen LogP) is 2.32. The average Bonchev–Trinajstić information content (AvgIpc) is 1.95. The van der Waals surface area contributed by atoms with E-state index in [9.17, 15) is 4.79 Å². The van der Waals surface area contributed by atoms with Crippen molar-refractivity contribution < 1.29 is 4.79 Å². The highest BCUT2D eigenvalue weighted by Gasteiger charge is 2.16. The average molecular weight is 138 g/mol. The van der Waals surface area contributed by atoms with Gasteiger partial charge >= 0.3 is 0 Å². The molecule has 0 saturated heterocycles. The lowest BCUT2D eigenvalue weighted by atomic mass is 9.89. The summed E-state index contributed by atoms with van der Waals surface area (Å²) in [4.78, 5) is 11.1. The van der Waals surface area contributed by atoms with Crippen LogP contribution in [0.25, 0.3) is 0 Å². The fraction of sp³-hybridized carbons (Fsp3) is 0.667. The summed E-state index contributed by atoms with van der Waals surface area (Å²) >= 11 is 0. The van der Waals surface area contributed by atoms with Crippen LogP contribution in [0.2, 0.25) is 0 Å². The second kappa shape index (κ2) is 3.00. The number of carbonyl (C=O) groups excluding carboxylic acids is 1. The highest BCUT2D eigenvalue weighted by molar-refractivity contribution is 5.92. The second-order valence-corrected chi connectivity index (χ2v) is 3.00. The number of hydrogen-bond donors (Lipinski definition) is 0. The van der Waals surface area contributed by atoms with Crippen molar-refractivity contribution >= 4 is 5.78 Å². The summed E-state index contributed by atoms with van der Waals surface area (Å²) in [6.45, 7) is 4.11. The van der Waals surface area contributed by atoms with E-state index >= 15 is 0 Å². The van der Waals surface area contributed by atoms with Gasteiger partial charge < -0.3 is 0 Å². The molecule has 0 aromatic carbocycles. The van der Waals surface area contributed by atoms with Crippen LogP contribution < -0.4 is 0 Å². The Morgan fingerprint density at radius 1 is 1.70 bits per heavy atom. The van der Waals surface area contributed by atoms with Gasteiger partial charge in [-0.15, -0.1) is 0 Å².